The summed E-state index contributed by atoms with van der Waals surface area (Å²) >= 11 is 3.06. The standard InChI is InChI=1S/C16H21N3O3S2/c1-19-12-10-11(2-3-13(12)24-15(19)22)17-14(21)18-16(4-7-20)5-8-23-9-6-16/h2-3,10,20H,4-9H2,1H3,(H2,17,18,21). The first kappa shape index (κ1) is 17.3. The van der Waals surface area contributed by atoms with Crippen LogP contribution in [0.3, 0.4) is 0 Å². The van der Waals surface area contributed by atoms with Crippen molar-refractivity contribution >= 4 is 45.0 Å². The number of aromatic nitrogens is 1. The molecule has 2 aromatic rings. The van der Waals surface area contributed by atoms with Crippen molar-refractivity contribution < 1.29 is 9.90 Å². The highest BCUT2D eigenvalue weighted by Crippen LogP contribution is 2.30. The van der Waals surface area contributed by atoms with Crippen LogP contribution in [0.1, 0.15) is 19.3 Å². The Kier molecular flexibility index (Phi) is 5.17. The Morgan fingerprint density at radius 2 is 2.12 bits per heavy atom. The second-order valence-corrected chi connectivity index (χ2v) is 8.27. The van der Waals surface area contributed by atoms with Gasteiger partial charge in [-0.3, -0.25) is 4.79 Å². The Morgan fingerprint density at radius 1 is 1.38 bits per heavy atom. The number of aliphatic hydroxyl groups excluding tert-OH is 1. The summed E-state index contributed by atoms with van der Waals surface area (Å²) in [6, 6.07) is 5.18. The van der Waals surface area contributed by atoms with Crippen LogP contribution in [0.5, 0.6) is 0 Å². The summed E-state index contributed by atoms with van der Waals surface area (Å²) in [6.07, 6.45) is 2.30. The molecule has 3 rings (SSSR count). The molecule has 0 spiro atoms. The number of aliphatic hydroxyl groups is 1. The molecule has 1 aliphatic heterocycles. The zero-order valence-corrected chi connectivity index (χ0v) is 15.1. The lowest BCUT2D eigenvalue weighted by Crippen LogP contribution is -2.52. The first-order valence-corrected chi connectivity index (χ1v) is 9.87. The van der Waals surface area contributed by atoms with Crippen molar-refractivity contribution in [3.8, 4) is 0 Å². The van der Waals surface area contributed by atoms with Crippen molar-refractivity contribution in [1.82, 2.24) is 9.88 Å². The van der Waals surface area contributed by atoms with E-state index in [1.165, 1.54) is 11.3 Å². The second-order valence-electron chi connectivity index (χ2n) is 6.05. The topological polar surface area (TPSA) is 83.4 Å². The highest BCUT2D eigenvalue weighted by atomic mass is 32.2. The fraction of sp³-hybridized carbons (Fsp3) is 0.500. The fourth-order valence-corrected chi connectivity index (χ4v) is 5.16. The number of benzene rings is 1. The third-order valence-electron chi connectivity index (χ3n) is 4.47. The molecular formula is C16H21N3O3S2. The zero-order chi connectivity index (χ0) is 17.2. The van der Waals surface area contributed by atoms with Gasteiger partial charge in [0.2, 0.25) is 0 Å². The summed E-state index contributed by atoms with van der Waals surface area (Å²) in [6.45, 7) is 0.0634. The van der Waals surface area contributed by atoms with E-state index < -0.39 is 0 Å². The molecule has 1 aromatic carbocycles. The molecule has 8 heteroatoms. The molecule has 24 heavy (non-hydrogen) atoms. The van der Waals surface area contributed by atoms with E-state index in [1.807, 2.05) is 23.9 Å². The molecule has 2 heterocycles. The number of thioether (sulfide) groups is 1. The Bertz CT molecular complexity index is 788. The van der Waals surface area contributed by atoms with Gasteiger partial charge in [0, 0.05) is 24.9 Å². The van der Waals surface area contributed by atoms with E-state index >= 15 is 0 Å². The van der Waals surface area contributed by atoms with Gasteiger partial charge in [0.15, 0.2) is 0 Å². The number of anilines is 1. The van der Waals surface area contributed by atoms with Gasteiger partial charge in [-0.05, 0) is 49.0 Å². The van der Waals surface area contributed by atoms with E-state index in [0.29, 0.717) is 12.1 Å². The molecule has 0 aliphatic carbocycles. The lowest BCUT2D eigenvalue weighted by Gasteiger charge is -2.37. The van der Waals surface area contributed by atoms with Gasteiger partial charge in [-0.1, -0.05) is 11.3 Å². The van der Waals surface area contributed by atoms with E-state index in [9.17, 15) is 14.7 Å². The molecule has 1 aromatic heterocycles. The highest BCUT2D eigenvalue weighted by Gasteiger charge is 2.33. The number of rotatable bonds is 4. The Morgan fingerprint density at radius 3 is 2.83 bits per heavy atom. The van der Waals surface area contributed by atoms with Gasteiger partial charge in [0.25, 0.3) is 0 Å². The monoisotopic (exact) mass is 367 g/mol. The molecule has 0 bridgehead atoms. The quantitative estimate of drug-likeness (QED) is 0.775. The van der Waals surface area contributed by atoms with Crippen molar-refractivity contribution in [2.45, 2.75) is 24.8 Å². The molecule has 1 aliphatic rings. The molecule has 0 atom stereocenters. The third kappa shape index (κ3) is 3.60. The summed E-state index contributed by atoms with van der Waals surface area (Å²) in [5.41, 5.74) is 1.13. The lowest BCUT2D eigenvalue weighted by molar-refractivity contribution is 0.194. The van der Waals surface area contributed by atoms with E-state index in [0.717, 1.165) is 34.6 Å². The van der Waals surface area contributed by atoms with Crippen LogP contribution < -0.4 is 15.5 Å². The van der Waals surface area contributed by atoms with Crippen LogP contribution in [-0.4, -0.2) is 39.4 Å². The van der Waals surface area contributed by atoms with Gasteiger partial charge in [-0.15, -0.1) is 0 Å². The third-order valence-corrected chi connectivity index (χ3v) is 6.47. The Hall–Kier alpha value is -1.51. The van der Waals surface area contributed by atoms with Crippen molar-refractivity contribution in [3.05, 3.63) is 27.9 Å². The molecule has 130 valence electrons. The summed E-state index contributed by atoms with van der Waals surface area (Å²) in [7, 11) is 1.72. The number of carbonyl (C=O) groups excluding carboxylic acids is 1. The number of nitrogens with one attached hydrogen (secondary N) is 2. The van der Waals surface area contributed by atoms with E-state index in [4.69, 9.17) is 0 Å². The van der Waals surface area contributed by atoms with Gasteiger partial charge < -0.3 is 20.3 Å². The lowest BCUT2D eigenvalue weighted by atomic mass is 9.89. The maximum Gasteiger partial charge on any atom is 0.319 e. The number of amides is 2. The summed E-state index contributed by atoms with van der Waals surface area (Å²) < 4.78 is 2.48. The number of fused-ring (bicyclic) bond motifs is 1. The smallest absolute Gasteiger partial charge is 0.319 e. The molecule has 1 saturated heterocycles. The maximum absolute atomic E-state index is 12.4. The fourth-order valence-electron chi connectivity index (χ4n) is 3.02. The van der Waals surface area contributed by atoms with Gasteiger partial charge >= 0.3 is 10.9 Å². The number of carbonyl (C=O) groups is 1. The molecule has 0 saturated carbocycles. The molecule has 3 N–H and O–H groups in total. The Balaban J connectivity index is 1.74. The normalized spacial score (nSPS) is 16.9. The number of urea groups is 1. The van der Waals surface area contributed by atoms with Gasteiger partial charge in [0.1, 0.15) is 0 Å². The second kappa shape index (κ2) is 7.16. The number of nitrogens with zero attached hydrogens (tertiary/aromatic N) is 1. The van der Waals surface area contributed by atoms with Crippen LogP contribution in [0.15, 0.2) is 23.0 Å². The predicted molar refractivity (Wildman–Crippen MR) is 100 cm³/mol. The number of aryl methyl sites for hydroxylation is 1. The summed E-state index contributed by atoms with van der Waals surface area (Å²) in [5, 5.41) is 15.2. The van der Waals surface area contributed by atoms with Crippen LogP contribution in [0.4, 0.5) is 10.5 Å². The molecule has 6 nitrogen and oxygen atoms in total. The van der Waals surface area contributed by atoms with Crippen LogP contribution >= 0.6 is 23.1 Å². The number of hydrogen-bond donors (Lipinski definition) is 3. The molecule has 1 fully saturated rings. The Labute approximate surface area is 148 Å². The molecule has 0 radical (unpaired) electrons. The largest absolute Gasteiger partial charge is 0.396 e. The first-order chi connectivity index (χ1) is 11.5. The van der Waals surface area contributed by atoms with Crippen molar-refractivity contribution in [2.24, 2.45) is 7.05 Å². The summed E-state index contributed by atoms with van der Waals surface area (Å²) in [5.74, 6) is 1.98. The van der Waals surface area contributed by atoms with Crippen molar-refractivity contribution in [3.63, 3.8) is 0 Å². The average molecular weight is 367 g/mol. The SMILES string of the molecule is Cn1c(=O)sc2ccc(NC(=O)NC3(CCO)CCSCC3)cc21. The minimum absolute atomic E-state index is 0.0202. The van der Waals surface area contributed by atoms with E-state index in [2.05, 4.69) is 10.6 Å². The van der Waals surface area contributed by atoms with Crippen molar-refractivity contribution in [2.75, 3.05) is 23.4 Å². The number of thiazole rings is 1. The van der Waals surface area contributed by atoms with Crippen LogP contribution in [0, 0.1) is 0 Å². The van der Waals surface area contributed by atoms with Crippen LogP contribution in [0.2, 0.25) is 0 Å². The predicted octanol–water partition coefficient (Wildman–Crippen LogP) is 2.37. The van der Waals surface area contributed by atoms with Crippen molar-refractivity contribution in [1.29, 1.82) is 0 Å². The highest BCUT2D eigenvalue weighted by molar-refractivity contribution is 7.99. The van der Waals surface area contributed by atoms with Gasteiger partial charge in [-0.2, -0.15) is 11.8 Å². The zero-order valence-electron chi connectivity index (χ0n) is 13.5. The van der Waals surface area contributed by atoms with E-state index in [-0.39, 0.29) is 23.0 Å². The van der Waals surface area contributed by atoms with Crippen LogP contribution in [0.25, 0.3) is 10.2 Å². The number of hydrogen-bond acceptors (Lipinski definition) is 5. The maximum atomic E-state index is 12.4. The van der Waals surface area contributed by atoms with Gasteiger partial charge in [-0.25, -0.2) is 4.79 Å². The first-order valence-electron chi connectivity index (χ1n) is 7.90. The molecule has 0 unspecified atom stereocenters. The van der Waals surface area contributed by atoms with Crippen LogP contribution in [-0.2, 0) is 7.05 Å². The molecule has 2 amide bonds. The molecular weight excluding hydrogens is 346 g/mol. The van der Waals surface area contributed by atoms with E-state index in [1.54, 1.807) is 17.7 Å². The minimum Gasteiger partial charge on any atom is -0.396 e. The van der Waals surface area contributed by atoms with Gasteiger partial charge in [0.05, 0.1) is 10.2 Å². The summed E-state index contributed by atoms with van der Waals surface area (Å²) in [4.78, 5) is 24.1. The minimum atomic E-state index is -0.330. The average Bonchev–Trinajstić information content (AvgIpc) is 2.83.